The van der Waals surface area contributed by atoms with E-state index in [9.17, 15) is 19.2 Å². The van der Waals surface area contributed by atoms with Crippen molar-refractivity contribution >= 4 is 23.8 Å². The second-order valence-electron chi connectivity index (χ2n) is 7.80. The summed E-state index contributed by atoms with van der Waals surface area (Å²) < 4.78 is 4.98. The lowest BCUT2D eigenvalue weighted by molar-refractivity contribution is -0.151. The number of rotatable bonds is 6. The maximum Gasteiger partial charge on any atom is 0.326 e. The molecule has 1 aliphatic carbocycles. The molecule has 29 heavy (non-hydrogen) atoms. The quantitative estimate of drug-likeness (QED) is 0.560. The molecule has 0 radical (unpaired) electrons. The van der Waals surface area contributed by atoms with Gasteiger partial charge >= 0.3 is 12.0 Å². The molecule has 1 saturated heterocycles. The molecule has 1 aromatic carbocycles. The number of hydrogen-bond donors (Lipinski definition) is 2. The first-order valence-corrected chi connectivity index (χ1v) is 9.97. The third-order valence-corrected chi connectivity index (χ3v) is 5.83. The highest BCUT2D eigenvalue weighted by Gasteiger charge is 2.55. The van der Waals surface area contributed by atoms with Crippen LogP contribution in [0.4, 0.5) is 4.79 Å². The number of imide groups is 1. The van der Waals surface area contributed by atoms with E-state index in [4.69, 9.17) is 4.74 Å². The van der Waals surface area contributed by atoms with Gasteiger partial charge < -0.3 is 15.4 Å². The minimum Gasteiger partial charge on any atom is -0.454 e. The van der Waals surface area contributed by atoms with Crippen LogP contribution in [0.25, 0.3) is 0 Å². The molecule has 2 aliphatic rings. The molecule has 3 atom stereocenters. The third kappa shape index (κ3) is 4.41. The van der Waals surface area contributed by atoms with Crippen LogP contribution in [0, 0.1) is 5.92 Å². The molecule has 8 heteroatoms. The van der Waals surface area contributed by atoms with E-state index < -0.39 is 36.6 Å². The summed E-state index contributed by atoms with van der Waals surface area (Å²) in [7, 11) is 0. The summed E-state index contributed by atoms with van der Waals surface area (Å²) in [6.07, 6.45) is 3.30. The van der Waals surface area contributed by atoms with Crippen molar-refractivity contribution in [3.8, 4) is 0 Å². The smallest absolute Gasteiger partial charge is 0.326 e. The van der Waals surface area contributed by atoms with Gasteiger partial charge in [-0.25, -0.2) is 4.79 Å². The topological polar surface area (TPSA) is 105 Å². The van der Waals surface area contributed by atoms with Gasteiger partial charge in [-0.1, -0.05) is 50.1 Å². The van der Waals surface area contributed by atoms with E-state index in [1.807, 2.05) is 44.2 Å². The zero-order chi connectivity index (χ0) is 21.0. The van der Waals surface area contributed by atoms with Crippen LogP contribution in [0.15, 0.2) is 30.3 Å². The Bertz CT molecular complexity index is 797. The number of carbonyl (C=O) groups is 4. The number of ether oxygens (including phenoxy) is 1. The summed E-state index contributed by atoms with van der Waals surface area (Å²) in [5, 5.41) is 5.52. The highest BCUT2D eigenvalue weighted by molar-refractivity contribution is 6.09. The van der Waals surface area contributed by atoms with Gasteiger partial charge in [0.25, 0.3) is 11.8 Å². The molecule has 1 aliphatic heterocycles. The summed E-state index contributed by atoms with van der Waals surface area (Å²) >= 11 is 0. The molecule has 3 unspecified atom stereocenters. The maximum absolute atomic E-state index is 12.8. The lowest BCUT2D eigenvalue weighted by Crippen LogP contribution is -2.54. The van der Waals surface area contributed by atoms with Crippen LogP contribution >= 0.6 is 0 Å². The van der Waals surface area contributed by atoms with E-state index in [-0.39, 0.29) is 17.9 Å². The van der Waals surface area contributed by atoms with Crippen molar-refractivity contribution in [2.24, 2.45) is 5.92 Å². The molecule has 0 aromatic heterocycles. The fraction of sp³-hybridized carbons (Fsp3) is 0.524. The van der Waals surface area contributed by atoms with Crippen molar-refractivity contribution in [3.05, 3.63) is 35.9 Å². The zero-order valence-corrected chi connectivity index (χ0v) is 16.8. The standard InChI is InChI=1S/C21H27N3O5/c1-14-8-6-7-11-21(14)19(27)24(20(28)23-21)12-18(26)29-13-17(25)22-15(2)16-9-4-3-5-10-16/h3-5,9-10,14-15H,6-8,11-13H2,1-2H3,(H,22,25)(H,23,28). The first-order valence-electron chi connectivity index (χ1n) is 9.97. The Morgan fingerprint density at radius 2 is 2.00 bits per heavy atom. The number of esters is 1. The van der Waals surface area contributed by atoms with Crippen LogP contribution in [0.3, 0.4) is 0 Å². The van der Waals surface area contributed by atoms with Crippen LogP contribution in [-0.2, 0) is 19.1 Å². The van der Waals surface area contributed by atoms with Crippen LogP contribution in [0.2, 0.25) is 0 Å². The molecular formula is C21H27N3O5. The van der Waals surface area contributed by atoms with Crippen LogP contribution in [0.5, 0.6) is 0 Å². The van der Waals surface area contributed by atoms with Gasteiger partial charge in [-0.3, -0.25) is 19.3 Å². The van der Waals surface area contributed by atoms with Gasteiger partial charge in [0, 0.05) is 0 Å². The second kappa shape index (κ2) is 8.63. The predicted octanol–water partition coefficient (Wildman–Crippen LogP) is 1.91. The highest BCUT2D eigenvalue weighted by atomic mass is 16.5. The van der Waals surface area contributed by atoms with E-state index in [2.05, 4.69) is 10.6 Å². The molecule has 1 heterocycles. The number of nitrogens with zero attached hydrogens (tertiary/aromatic N) is 1. The van der Waals surface area contributed by atoms with Crippen LogP contribution in [-0.4, -0.2) is 47.4 Å². The molecule has 8 nitrogen and oxygen atoms in total. The zero-order valence-electron chi connectivity index (χ0n) is 16.8. The number of carbonyl (C=O) groups excluding carboxylic acids is 4. The Morgan fingerprint density at radius 3 is 2.69 bits per heavy atom. The van der Waals surface area contributed by atoms with E-state index in [0.717, 1.165) is 29.7 Å². The van der Waals surface area contributed by atoms with E-state index in [0.29, 0.717) is 6.42 Å². The van der Waals surface area contributed by atoms with Crippen molar-refractivity contribution in [1.29, 1.82) is 0 Å². The molecule has 2 N–H and O–H groups in total. The minimum atomic E-state index is -0.919. The largest absolute Gasteiger partial charge is 0.454 e. The molecule has 0 bridgehead atoms. The van der Waals surface area contributed by atoms with Crippen LogP contribution in [0.1, 0.15) is 51.1 Å². The van der Waals surface area contributed by atoms with Gasteiger partial charge in [0.15, 0.2) is 6.61 Å². The molecule has 2 fully saturated rings. The van der Waals surface area contributed by atoms with Crippen molar-refractivity contribution < 1.29 is 23.9 Å². The monoisotopic (exact) mass is 401 g/mol. The highest BCUT2D eigenvalue weighted by Crippen LogP contribution is 2.38. The Balaban J connectivity index is 1.50. The molecule has 4 amide bonds. The van der Waals surface area contributed by atoms with Crippen molar-refractivity contribution in [2.45, 2.75) is 51.1 Å². The van der Waals surface area contributed by atoms with Crippen molar-refractivity contribution in [2.75, 3.05) is 13.2 Å². The number of hydrogen-bond acceptors (Lipinski definition) is 5. The number of benzene rings is 1. The Labute approximate surface area is 170 Å². The van der Waals surface area contributed by atoms with Crippen LogP contribution < -0.4 is 10.6 Å². The summed E-state index contributed by atoms with van der Waals surface area (Å²) in [6.45, 7) is 2.80. The lowest BCUT2D eigenvalue weighted by Gasteiger charge is -2.36. The first-order chi connectivity index (χ1) is 13.8. The van der Waals surface area contributed by atoms with E-state index in [1.165, 1.54) is 0 Å². The molecule has 1 saturated carbocycles. The van der Waals surface area contributed by atoms with Gasteiger partial charge in [-0.05, 0) is 31.2 Å². The molecule has 1 aromatic rings. The van der Waals surface area contributed by atoms with Crippen molar-refractivity contribution in [1.82, 2.24) is 15.5 Å². The number of urea groups is 1. The number of amides is 4. The molecular weight excluding hydrogens is 374 g/mol. The molecule has 3 rings (SSSR count). The molecule has 156 valence electrons. The Hall–Kier alpha value is -2.90. The fourth-order valence-electron chi connectivity index (χ4n) is 4.07. The second-order valence-corrected chi connectivity index (χ2v) is 7.80. The Kier molecular flexibility index (Phi) is 6.20. The number of nitrogens with one attached hydrogen (secondary N) is 2. The maximum atomic E-state index is 12.8. The third-order valence-electron chi connectivity index (χ3n) is 5.83. The molecule has 1 spiro atoms. The van der Waals surface area contributed by atoms with Gasteiger partial charge in [0.2, 0.25) is 0 Å². The Morgan fingerprint density at radius 1 is 1.28 bits per heavy atom. The average Bonchev–Trinajstić information content (AvgIpc) is 2.94. The van der Waals surface area contributed by atoms with Gasteiger partial charge in [0.05, 0.1) is 6.04 Å². The lowest BCUT2D eigenvalue weighted by atomic mass is 9.73. The normalized spacial score (nSPS) is 24.9. The summed E-state index contributed by atoms with van der Waals surface area (Å²) in [6, 6.07) is 8.58. The van der Waals surface area contributed by atoms with Gasteiger partial charge in [-0.2, -0.15) is 0 Å². The SMILES string of the molecule is CC(NC(=O)COC(=O)CN1C(=O)NC2(CCCCC2C)C1=O)c1ccccc1. The van der Waals surface area contributed by atoms with Gasteiger partial charge in [-0.15, -0.1) is 0 Å². The summed E-state index contributed by atoms with van der Waals surface area (Å²) in [5.74, 6) is -1.62. The average molecular weight is 401 g/mol. The predicted molar refractivity (Wildman–Crippen MR) is 105 cm³/mol. The first kappa shape index (κ1) is 20.8. The van der Waals surface area contributed by atoms with Crippen molar-refractivity contribution in [3.63, 3.8) is 0 Å². The van der Waals surface area contributed by atoms with Gasteiger partial charge in [0.1, 0.15) is 12.1 Å². The van der Waals surface area contributed by atoms with E-state index in [1.54, 1.807) is 0 Å². The fourth-order valence-corrected chi connectivity index (χ4v) is 4.07. The summed E-state index contributed by atoms with van der Waals surface area (Å²) in [5.41, 5.74) is 0.0105. The summed E-state index contributed by atoms with van der Waals surface area (Å²) in [4.78, 5) is 50.2. The minimum absolute atomic E-state index is 0.0129. The van der Waals surface area contributed by atoms with E-state index >= 15 is 0 Å².